The summed E-state index contributed by atoms with van der Waals surface area (Å²) in [5.41, 5.74) is -0.354. The molecule has 0 radical (unpaired) electrons. The first-order chi connectivity index (χ1) is 14.7. The summed E-state index contributed by atoms with van der Waals surface area (Å²) in [6, 6.07) is 8.75. The fourth-order valence-corrected chi connectivity index (χ4v) is 3.36. The number of imidazole rings is 1. The third-order valence-corrected chi connectivity index (χ3v) is 4.74. The van der Waals surface area contributed by atoms with Crippen LogP contribution in [0.2, 0.25) is 0 Å². The second-order valence-corrected chi connectivity index (χ2v) is 6.69. The molecular weight excluding hydrogens is 418 g/mol. The molecule has 5 rings (SSSR count). The van der Waals surface area contributed by atoms with Crippen molar-refractivity contribution in [2.45, 2.75) is 6.18 Å². The van der Waals surface area contributed by atoms with E-state index in [0.29, 0.717) is 0 Å². The van der Waals surface area contributed by atoms with E-state index >= 15 is 0 Å². The lowest BCUT2D eigenvalue weighted by atomic mass is 10.1. The van der Waals surface area contributed by atoms with E-state index in [1.54, 1.807) is 0 Å². The van der Waals surface area contributed by atoms with Crippen molar-refractivity contribution in [2.24, 2.45) is 0 Å². The molecule has 0 bridgehead atoms. The maximum atomic E-state index is 13.7. The van der Waals surface area contributed by atoms with Crippen LogP contribution in [0.3, 0.4) is 0 Å². The average molecular weight is 427 g/mol. The van der Waals surface area contributed by atoms with Gasteiger partial charge in [0.25, 0.3) is 11.7 Å². The van der Waals surface area contributed by atoms with Gasteiger partial charge in [-0.05, 0) is 36.4 Å². The number of anilines is 1. The molecule has 154 valence electrons. The average Bonchev–Trinajstić information content (AvgIpc) is 3.24. The predicted molar refractivity (Wildman–Crippen MR) is 100 cm³/mol. The van der Waals surface area contributed by atoms with Crippen LogP contribution in [0.15, 0.2) is 48.7 Å². The Labute approximate surface area is 170 Å². The van der Waals surface area contributed by atoms with Crippen LogP contribution in [0.25, 0.3) is 28.2 Å². The van der Waals surface area contributed by atoms with Crippen LogP contribution in [0.5, 0.6) is 0 Å². The molecule has 31 heavy (non-hydrogen) atoms. The van der Waals surface area contributed by atoms with Gasteiger partial charge in [-0.2, -0.15) is 17.6 Å². The molecule has 0 saturated heterocycles. The molecule has 0 atom stereocenters. The van der Waals surface area contributed by atoms with Gasteiger partial charge in [-0.15, -0.1) is 0 Å². The molecule has 1 aromatic carbocycles. The van der Waals surface area contributed by atoms with Crippen LogP contribution in [-0.4, -0.2) is 31.2 Å². The highest BCUT2D eigenvalue weighted by Crippen LogP contribution is 2.34. The fraction of sp³-hybridized carbons (Fsp3) is 0.0500. The third kappa shape index (κ3) is 3.01. The summed E-state index contributed by atoms with van der Waals surface area (Å²) in [5, 5.41) is 2.40. The smallest absolute Gasteiger partial charge is 0.318 e. The summed E-state index contributed by atoms with van der Waals surface area (Å²) in [7, 11) is 0. The summed E-state index contributed by atoms with van der Waals surface area (Å²) in [6.07, 6.45) is -3.51. The number of benzene rings is 1. The molecule has 0 saturated carbocycles. The summed E-state index contributed by atoms with van der Waals surface area (Å²) < 4.78 is 54.8. The monoisotopic (exact) mass is 427 g/mol. The largest absolute Gasteiger partial charge is 0.433 e. The minimum atomic E-state index is -4.70. The number of ketones is 1. The van der Waals surface area contributed by atoms with E-state index in [1.807, 2.05) is 0 Å². The molecule has 0 unspecified atom stereocenters. The van der Waals surface area contributed by atoms with Gasteiger partial charge in [0.05, 0.1) is 16.9 Å². The molecule has 1 aliphatic heterocycles. The van der Waals surface area contributed by atoms with Crippen LogP contribution >= 0.6 is 0 Å². The van der Waals surface area contributed by atoms with Gasteiger partial charge in [-0.25, -0.2) is 15.0 Å². The Bertz CT molecular complexity index is 1410. The number of hydrogen-bond acceptors (Lipinski definition) is 5. The maximum Gasteiger partial charge on any atom is 0.433 e. The van der Waals surface area contributed by atoms with E-state index in [4.69, 9.17) is 0 Å². The second-order valence-electron chi connectivity index (χ2n) is 6.69. The number of nitrogens with zero attached hydrogens (tertiary/aromatic N) is 4. The zero-order valence-corrected chi connectivity index (χ0v) is 15.2. The summed E-state index contributed by atoms with van der Waals surface area (Å²) in [5.74, 6) is -2.30. The highest BCUT2D eigenvalue weighted by molar-refractivity contribution is 6.51. The van der Waals surface area contributed by atoms with Crippen molar-refractivity contribution in [3.05, 3.63) is 65.9 Å². The molecule has 0 aliphatic carbocycles. The predicted octanol–water partition coefficient (Wildman–Crippen LogP) is 3.78. The van der Waals surface area contributed by atoms with Gasteiger partial charge >= 0.3 is 6.18 Å². The van der Waals surface area contributed by atoms with Crippen LogP contribution in [0, 0.1) is 5.95 Å². The van der Waals surface area contributed by atoms with E-state index < -0.39 is 29.5 Å². The Morgan fingerprint density at radius 3 is 2.52 bits per heavy atom. The molecule has 4 aromatic rings. The molecule has 3 aromatic heterocycles. The Balaban J connectivity index is 1.82. The molecular formula is C20H9F4N5O2. The SMILES string of the molecule is O=C1Nc2ccc(-n3c(-c4ccnc(F)c4)nc4ccc(C(F)(F)F)nc43)cc2C1=O. The number of amides is 1. The highest BCUT2D eigenvalue weighted by atomic mass is 19.4. The van der Waals surface area contributed by atoms with Crippen molar-refractivity contribution in [1.29, 1.82) is 0 Å². The number of pyridine rings is 2. The van der Waals surface area contributed by atoms with E-state index in [-0.39, 0.29) is 39.5 Å². The first kappa shape index (κ1) is 18.9. The lowest BCUT2D eigenvalue weighted by Crippen LogP contribution is -2.12. The second kappa shape index (κ2) is 6.42. The van der Waals surface area contributed by atoms with Gasteiger partial charge in [-0.3, -0.25) is 14.2 Å². The van der Waals surface area contributed by atoms with Crippen LogP contribution in [0.4, 0.5) is 23.2 Å². The van der Waals surface area contributed by atoms with E-state index in [9.17, 15) is 27.2 Å². The molecule has 1 aliphatic rings. The molecule has 0 spiro atoms. The van der Waals surface area contributed by atoms with Crippen molar-refractivity contribution in [1.82, 2.24) is 19.5 Å². The van der Waals surface area contributed by atoms with E-state index in [0.717, 1.165) is 18.2 Å². The number of Topliss-reactive ketones (excluding diaryl/α,β-unsaturated/α-hetero) is 1. The Kier molecular flexibility index (Phi) is 3.91. The summed E-state index contributed by atoms with van der Waals surface area (Å²) in [6.45, 7) is 0. The van der Waals surface area contributed by atoms with Crippen molar-refractivity contribution >= 4 is 28.5 Å². The fourth-order valence-electron chi connectivity index (χ4n) is 3.36. The standard InChI is InChI=1S/C20H9F4N5O2/c21-15-7-9(5-6-25-15)17-26-13-3-4-14(20(22,23)24)28-18(13)29(17)10-1-2-12-11(8-10)16(30)19(31)27-12/h1-8H,(H,27,30,31). The third-order valence-electron chi connectivity index (χ3n) is 4.74. The number of halogens is 4. The number of carbonyl (C=O) groups is 2. The van der Waals surface area contributed by atoms with Gasteiger partial charge in [-0.1, -0.05) is 0 Å². The van der Waals surface area contributed by atoms with E-state index in [1.165, 1.54) is 35.0 Å². The Hall–Kier alpha value is -4.15. The van der Waals surface area contributed by atoms with Gasteiger partial charge < -0.3 is 5.32 Å². The quantitative estimate of drug-likeness (QED) is 0.299. The van der Waals surface area contributed by atoms with Crippen molar-refractivity contribution in [3.63, 3.8) is 0 Å². The topological polar surface area (TPSA) is 89.8 Å². The van der Waals surface area contributed by atoms with Crippen LogP contribution < -0.4 is 5.32 Å². The first-order valence-corrected chi connectivity index (χ1v) is 8.81. The minimum Gasteiger partial charge on any atom is -0.318 e. The number of aromatic nitrogens is 4. The Morgan fingerprint density at radius 1 is 0.968 bits per heavy atom. The first-order valence-electron chi connectivity index (χ1n) is 8.81. The van der Waals surface area contributed by atoms with Gasteiger partial charge in [0, 0.05) is 17.8 Å². The van der Waals surface area contributed by atoms with Crippen LogP contribution in [-0.2, 0) is 11.0 Å². The summed E-state index contributed by atoms with van der Waals surface area (Å²) >= 11 is 0. The van der Waals surface area contributed by atoms with Gasteiger partial charge in [0.1, 0.15) is 17.0 Å². The number of rotatable bonds is 2. The summed E-state index contributed by atoms with van der Waals surface area (Å²) in [4.78, 5) is 35.3. The number of fused-ring (bicyclic) bond motifs is 2. The van der Waals surface area contributed by atoms with Crippen molar-refractivity contribution in [3.8, 4) is 17.1 Å². The maximum absolute atomic E-state index is 13.7. The van der Waals surface area contributed by atoms with Crippen LogP contribution in [0.1, 0.15) is 16.1 Å². The molecule has 7 nitrogen and oxygen atoms in total. The minimum absolute atomic E-state index is 0.0585. The molecule has 0 fully saturated rings. The number of carbonyl (C=O) groups excluding carboxylic acids is 2. The molecule has 11 heteroatoms. The van der Waals surface area contributed by atoms with E-state index in [2.05, 4.69) is 20.3 Å². The molecule has 1 amide bonds. The van der Waals surface area contributed by atoms with Crippen molar-refractivity contribution in [2.75, 3.05) is 5.32 Å². The Morgan fingerprint density at radius 2 is 1.77 bits per heavy atom. The van der Waals surface area contributed by atoms with Gasteiger partial charge in [0.15, 0.2) is 5.65 Å². The zero-order chi connectivity index (χ0) is 21.9. The van der Waals surface area contributed by atoms with Crippen molar-refractivity contribution < 1.29 is 27.2 Å². The number of alkyl halides is 3. The number of nitrogens with one attached hydrogen (secondary N) is 1. The number of hydrogen-bond donors (Lipinski definition) is 1. The van der Waals surface area contributed by atoms with Gasteiger partial charge in [0.2, 0.25) is 5.95 Å². The molecule has 4 heterocycles. The highest BCUT2D eigenvalue weighted by Gasteiger charge is 2.34. The lowest BCUT2D eigenvalue weighted by molar-refractivity contribution is -0.141. The normalized spacial score (nSPS) is 13.5. The lowest BCUT2D eigenvalue weighted by Gasteiger charge is -2.11. The zero-order valence-electron chi connectivity index (χ0n) is 15.2. The molecule has 1 N–H and O–H groups in total.